The van der Waals surface area contributed by atoms with E-state index < -0.39 is 5.92 Å². The molecule has 0 radical (unpaired) electrons. The van der Waals surface area contributed by atoms with Crippen LogP contribution in [0.25, 0.3) is 0 Å². The highest BCUT2D eigenvalue weighted by Gasteiger charge is 2.41. The summed E-state index contributed by atoms with van der Waals surface area (Å²) in [6.45, 7) is 1.94. The Hall–Kier alpha value is -2.99. The van der Waals surface area contributed by atoms with E-state index in [-0.39, 0.29) is 18.1 Å². The number of aryl methyl sites for hydroxylation is 1. The van der Waals surface area contributed by atoms with Crippen molar-refractivity contribution in [1.29, 1.82) is 0 Å². The minimum atomic E-state index is -0.421. The standard InChI is InChI=1S/C25H26ClNO5/c1-14-8-9-15(26)12-19(14)27-18-6-5-7-20(28)23(18)17(13-22(27)29)16-10-11-21(30-2)25(32-4)24(16)31-3/h8-12,17H,5-7,13H2,1-4H3/t17-/m1/s1. The van der Waals surface area contributed by atoms with Crippen molar-refractivity contribution in [3.05, 3.63) is 57.8 Å². The van der Waals surface area contributed by atoms with E-state index in [0.29, 0.717) is 47.1 Å². The molecule has 1 aliphatic carbocycles. The number of ether oxygens (including phenoxy) is 3. The van der Waals surface area contributed by atoms with Crippen molar-refractivity contribution in [3.63, 3.8) is 0 Å². The zero-order valence-electron chi connectivity index (χ0n) is 18.7. The number of hydrogen-bond acceptors (Lipinski definition) is 5. The Labute approximate surface area is 192 Å². The molecule has 1 atom stereocenters. The first-order valence-corrected chi connectivity index (χ1v) is 10.9. The summed E-state index contributed by atoms with van der Waals surface area (Å²) < 4.78 is 16.6. The number of amides is 1. The lowest BCUT2D eigenvalue weighted by molar-refractivity contribution is -0.119. The molecule has 6 nitrogen and oxygen atoms in total. The fourth-order valence-electron chi connectivity index (χ4n) is 4.76. The first-order chi connectivity index (χ1) is 15.4. The van der Waals surface area contributed by atoms with Gasteiger partial charge in [-0.05, 0) is 43.5 Å². The second kappa shape index (κ2) is 8.87. The molecule has 32 heavy (non-hydrogen) atoms. The largest absolute Gasteiger partial charge is 0.493 e. The van der Waals surface area contributed by atoms with Gasteiger partial charge in [0.2, 0.25) is 11.7 Å². The topological polar surface area (TPSA) is 65.1 Å². The van der Waals surface area contributed by atoms with Crippen molar-refractivity contribution in [2.45, 2.75) is 38.5 Å². The van der Waals surface area contributed by atoms with Crippen molar-refractivity contribution >= 4 is 29.0 Å². The number of anilines is 1. The summed E-state index contributed by atoms with van der Waals surface area (Å²) in [5.74, 6) is 1.00. The number of ketones is 1. The lowest BCUT2D eigenvalue weighted by Crippen LogP contribution is -2.41. The lowest BCUT2D eigenvalue weighted by Gasteiger charge is -2.39. The van der Waals surface area contributed by atoms with Gasteiger partial charge in [-0.25, -0.2) is 0 Å². The molecule has 0 bridgehead atoms. The van der Waals surface area contributed by atoms with Gasteiger partial charge in [0.1, 0.15) is 0 Å². The zero-order chi connectivity index (χ0) is 23.0. The van der Waals surface area contributed by atoms with Gasteiger partial charge in [-0.1, -0.05) is 23.7 Å². The third-order valence-corrected chi connectivity index (χ3v) is 6.43. The Bertz CT molecular complexity index is 1120. The monoisotopic (exact) mass is 455 g/mol. The predicted molar refractivity (Wildman–Crippen MR) is 123 cm³/mol. The highest BCUT2D eigenvalue weighted by Crippen LogP contribution is 2.50. The van der Waals surface area contributed by atoms with Crippen molar-refractivity contribution in [3.8, 4) is 17.2 Å². The summed E-state index contributed by atoms with van der Waals surface area (Å²) in [5, 5.41) is 0.548. The molecule has 4 rings (SSSR count). The average molecular weight is 456 g/mol. The Balaban J connectivity index is 1.93. The maximum Gasteiger partial charge on any atom is 0.232 e. The molecule has 0 N–H and O–H groups in total. The number of benzene rings is 2. The van der Waals surface area contributed by atoms with E-state index in [0.717, 1.165) is 22.5 Å². The Morgan fingerprint density at radius 1 is 0.969 bits per heavy atom. The van der Waals surface area contributed by atoms with Crippen molar-refractivity contribution in [1.82, 2.24) is 0 Å². The van der Waals surface area contributed by atoms with Crippen LogP contribution < -0.4 is 19.1 Å². The molecule has 0 aromatic heterocycles. The summed E-state index contributed by atoms with van der Waals surface area (Å²) in [5.41, 5.74) is 3.81. The van der Waals surface area contributed by atoms with Gasteiger partial charge < -0.3 is 14.2 Å². The van der Waals surface area contributed by atoms with Crippen LogP contribution in [0.1, 0.15) is 42.7 Å². The molecular weight excluding hydrogens is 430 g/mol. The van der Waals surface area contributed by atoms with Crippen LogP contribution in [0.4, 0.5) is 5.69 Å². The Morgan fingerprint density at radius 2 is 1.72 bits per heavy atom. The minimum Gasteiger partial charge on any atom is -0.493 e. The SMILES string of the molecule is COc1ccc([C@H]2CC(=O)N(c3cc(Cl)ccc3C)C3=C2C(=O)CCC3)c(OC)c1OC. The quantitative estimate of drug-likeness (QED) is 0.619. The summed E-state index contributed by atoms with van der Waals surface area (Å²) in [4.78, 5) is 28.4. The van der Waals surface area contributed by atoms with E-state index in [1.807, 2.05) is 19.1 Å². The number of Topliss-reactive ketones (excluding diaryl/α,β-unsaturated/α-hetero) is 1. The predicted octanol–water partition coefficient (Wildman–Crippen LogP) is 5.20. The van der Waals surface area contributed by atoms with Crippen LogP contribution in [0.3, 0.4) is 0 Å². The molecule has 7 heteroatoms. The minimum absolute atomic E-state index is 0.0604. The van der Waals surface area contributed by atoms with Crippen LogP contribution in [0.5, 0.6) is 17.2 Å². The van der Waals surface area contributed by atoms with Crippen LogP contribution in [-0.2, 0) is 9.59 Å². The zero-order valence-corrected chi connectivity index (χ0v) is 19.4. The van der Waals surface area contributed by atoms with Gasteiger partial charge in [0.15, 0.2) is 17.3 Å². The molecule has 168 valence electrons. The van der Waals surface area contributed by atoms with E-state index in [2.05, 4.69) is 0 Å². The number of hydrogen-bond donors (Lipinski definition) is 0. The molecule has 0 unspecified atom stereocenters. The fourth-order valence-corrected chi connectivity index (χ4v) is 4.93. The number of methoxy groups -OCH3 is 3. The smallest absolute Gasteiger partial charge is 0.232 e. The number of allylic oxidation sites excluding steroid dienone is 2. The lowest BCUT2D eigenvalue weighted by atomic mass is 9.76. The van der Waals surface area contributed by atoms with Crippen molar-refractivity contribution < 1.29 is 23.8 Å². The Morgan fingerprint density at radius 3 is 2.41 bits per heavy atom. The average Bonchev–Trinajstić information content (AvgIpc) is 2.79. The van der Waals surface area contributed by atoms with Gasteiger partial charge in [-0.15, -0.1) is 0 Å². The second-order valence-electron chi connectivity index (χ2n) is 7.98. The van der Waals surface area contributed by atoms with Crippen LogP contribution in [0.2, 0.25) is 5.02 Å². The van der Waals surface area contributed by atoms with Crippen molar-refractivity contribution in [2.24, 2.45) is 0 Å². The number of carbonyl (C=O) groups is 2. The van der Waals surface area contributed by atoms with E-state index in [4.69, 9.17) is 25.8 Å². The highest BCUT2D eigenvalue weighted by atomic mass is 35.5. The normalized spacial score (nSPS) is 18.5. The molecule has 2 aliphatic rings. The molecule has 0 fully saturated rings. The van der Waals surface area contributed by atoms with E-state index in [9.17, 15) is 9.59 Å². The van der Waals surface area contributed by atoms with Gasteiger partial charge in [0.05, 0.1) is 27.0 Å². The third-order valence-electron chi connectivity index (χ3n) is 6.20. The van der Waals surface area contributed by atoms with Crippen LogP contribution in [-0.4, -0.2) is 33.0 Å². The number of carbonyl (C=O) groups excluding carboxylic acids is 2. The fraction of sp³-hybridized carbons (Fsp3) is 0.360. The Kier molecular flexibility index (Phi) is 6.15. The molecule has 2 aromatic rings. The van der Waals surface area contributed by atoms with Gasteiger partial charge in [0, 0.05) is 40.6 Å². The number of halogens is 1. The second-order valence-corrected chi connectivity index (χ2v) is 8.41. The molecule has 1 amide bonds. The summed E-state index contributed by atoms with van der Waals surface area (Å²) in [6.07, 6.45) is 1.95. The van der Waals surface area contributed by atoms with E-state index >= 15 is 0 Å². The molecule has 0 saturated heterocycles. The van der Waals surface area contributed by atoms with E-state index in [1.165, 1.54) is 7.11 Å². The van der Waals surface area contributed by atoms with Gasteiger partial charge in [0.25, 0.3) is 0 Å². The maximum absolute atomic E-state index is 13.5. The first kappa shape index (κ1) is 22.2. The highest BCUT2D eigenvalue weighted by molar-refractivity contribution is 6.31. The molecule has 1 heterocycles. The molecular formula is C25H26ClNO5. The summed E-state index contributed by atoms with van der Waals surface area (Å²) >= 11 is 6.25. The van der Waals surface area contributed by atoms with Gasteiger partial charge >= 0.3 is 0 Å². The maximum atomic E-state index is 13.5. The van der Waals surface area contributed by atoms with Crippen molar-refractivity contribution in [2.75, 3.05) is 26.2 Å². The molecule has 1 aliphatic heterocycles. The van der Waals surface area contributed by atoms with Crippen LogP contribution in [0, 0.1) is 6.92 Å². The third kappa shape index (κ3) is 3.62. The van der Waals surface area contributed by atoms with Crippen LogP contribution >= 0.6 is 11.6 Å². The number of nitrogens with zero attached hydrogens (tertiary/aromatic N) is 1. The molecule has 0 saturated carbocycles. The summed E-state index contributed by atoms with van der Waals surface area (Å²) in [7, 11) is 4.64. The molecule has 2 aromatic carbocycles. The molecule has 0 spiro atoms. The van der Waals surface area contributed by atoms with Gasteiger partial charge in [-0.3, -0.25) is 14.5 Å². The van der Waals surface area contributed by atoms with E-state index in [1.54, 1.807) is 37.3 Å². The van der Waals surface area contributed by atoms with Gasteiger partial charge in [-0.2, -0.15) is 0 Å². The summed E-state index contributed by atoms with van der Waals surface area (Å²) in [6, 6.07) is 9.11. The number of rotatable bonds is 5. The van der Waals surface area contributed by atoms with Crippen LogP contribution in [0.15, 0.2) is 41.6 Å². The first-order valence-electron chi connectivity index (χ1n) is 10.6.